The number of hydrogen-bond acceptors (Lipinski definition) is 0. The van der Waals surface area contributed by atoms with E-state index in [1.807, 2.05) is 29.9 Å². The summed E-state index contributed by atoms with van der Waals surface area (Å²) in [6.07, 6.45) is 4.86. The summed E-state index contributed by atoms with van der Waals surface area (Å²) in [5, 5.41) is 0. The van der Waals surface area contributed by atoms with Crippen LogP contribution in [0.3, 0.4) is 0 Å². The summed E-state index contributed by atoms with van der Waals surface area (Å²) in [7, 11) is 1.94. The molecule has 0 amide bonds. The van der Waals surface area contributed by atoms with Crippen molar-refractivity contribution in [1.29, 1.82) is 0 Å². The number of aryl methyl sites for hydroxylation is 1. The number of nitrogens with zero attached hydrogens (tertiary/aromatic N) is 1. The molecule has 0 aromatic carbocycles. The Bertz CT molecular complexity index is 112. The van der Waals surface area contributed by atoms with Gasteiger partial charge in [-0.1, -0.05) is 0 Å². The molecule has 0 saturated heterocycles. The van der Waals surface area contributed by atoms with Gasteiger partial charge in [0.2, 0.25) is 0 Å². The minimum Gasteiger partial charge on any atom is -0.473 e. The van der Waals surface area contributed by atoms with Gasteiger partial charge in [0.05, 0.1) is 0 Å². The van der Waals surface area contributed by atoms with Crippen LogP contribution in [-0.4, -0.2) is 4.57 Å². The fraction of sp³-hybridized carbons (Fsp3) is 0.200. The Hall–Kier alpha value is 0.384. The molecule has 1 radical (unpaired) electrons. The second-order valence-electron chi connectivity index (χ2n) is 1.25. The topological polar surface area (TPSA) is 4.93 Å². The van der Waals surface area contributed by atoms with Gasteiger partial charge in [-0.15, -0.1) is 12.4 Å². The second-order valence-corrected chi connectivity index (χ2v) is 1.25. The van der Waals surface area contributed by atoms with Crippen molar-refractivity contribution in [3.8, 4) is 0 Å². The maximum atomic E-state index is 2.92. The minimum atomic E-state index is 0. The maximum Gasteiger partial charge on any atom is 0 e. The molecular weight excluding hydrogens is 163 g/mol. The average molecular weight is 169 g/mol. The molecule has 0 aliphatic rings. The van der Waals surface area contributed by atoms with Gasteiger partial charge in [-0.3, -0.25) is 0 Å². The van der Waals surface area contributed by atoms with Crippen molar-refractivity contribution in [2.24, 2.45) is 7.05 Å². The Morgan fingerprint density at radius 3 is 2.43 bits per heavy atom. The summed E-state index contributed by atoms with van der Waals surface area (Å²) in [4.78, 5) is 0. The summed E-state index contributed by atoms with van der Waals surface area (Å²) < 4.78 is 1.88. The smallest absolute Gasteiger partial charge is 0 e. The maximum absolute atomic E-state index is 2.92. The predicted molar refractivity (Wildman–Crippen MR) is 24.2 cm³/mol. The third-order valence-corrected chi connectivity index (χ3v) is 0.684. The van der Waals surface area contributed by atoms with Crippen molar-refractivity contribution in [2.75, 3.05) is 0 Å². The summed E-state index contributed by atoms with van der Waals surface area (Å²) in [6, 6.07) is 3.82. The molecule has 0 atom stereocenters. The zero-order valence-corrected chi connectivity index (χ0v) is 7.09. The first-order valence-electron chi connectivity index (χ1n) is 1.88. The van der Waals surface area contributed by atoms with Gasteiger partial charge in [0.1, 0.15) is 0 Å². The molecule has 2 heteroatoms. The van der Waals surface area contributed by atoms with Crippen LogP contribution in [0.15, 0.2) is 18.3 Å². The van der Waals surface area contributed by atoms with Gasteiger partial charge in [0.15, 0.2) is 0 Å². The van der Waals surface area contributed by atoms with E-state index in [0.29, 0.717) is 0 Å². The van der Waals surface area contributed by atoms with E-state index in [0.717, 1.165) is 0 Å². The van der Waals surface area contributed by atoms with E-state index in [1.54, 1.807) is 0 Å². The van der Waals surface area contributed by atoms with Gasteiger partial charge in [-0.2, -0.15) is 12.1 Å². The van der Waals surface area contributed by atoms with E-state index in [2.05, 4.69) is 6.20 Å². The molecule has 1 aromatic heterocycles. The van der Waals surface area contributed by atoms with E-state index in [-0.39, 0.29) is 32.7 Å². The fourth-order valence-corrected chi connectivity index (χ4v) is 0.376. The van der Waals surface area contributed by atoms with E-state index >= 15 is 0 Å². The molecule has 0 fully saturated rings. The molecule has 35 valence electrons. The Morgan fingerprint density at radius 1 is 1.57 bits per heavy atom. The number of rotatable bonds is 0. The van der Waals surface area contributed by atoms with Crippen LogP contribution in [0.5, 0.6) is 0 Å². The molecule has 0 aliphatic carbocycles. The molecule has 0 saturated carbocycles. The van der Waals surface area contributed by atoms with Gasteiger partial charge < -0.3 is 4.57 Å². The Morgan fingerprint density at radius 2 is 2.29 bits per heavy atom. The SMILES string of the molecule is Cn1[c-]ccc1.[Y]. The van der Waals surface area contributed by atoms with E-state index in [9.17, 15) is 0 Å². The third-order valence-electron chi connectivity index (χ3n) is 0.684. The van der Waals surface area contributed by atoms with Crippen LogP contribution in [0.1, 0.15) is 0 Å². The van der Waals surface area contributed by atoms with Gasteiger partial charge in [0, 0.05) is 32.7 Å². The third kappa shape index (κ3) is 2.25. The van der Waals surface area contributed by atoms with Crippen molar-refractivity contribution in [1.82, 2.24) is 4.57 Å². The molecule has 1 nitrogen and oxygen atoms in total. The first kappa shape index (κ1) is 7.38. The Labute approximate surface area is 68.6 Å². The van der Waals surface area contributed by atoms with Crippen LogP contribution in [-0.2, 0) is 39.8 Å². The molecule has 0 bridgehead atoms. The zero-order chi connectivity index (χ0) is 4.41. The zero-order valence-electron chi connectivity index (χ0n) is 4.26. The summed E-state index contributed by atoms with van der Waals surface area (Å²) in [5.41, 5.74) is 0. The van der Waals surface area contributed by atoms with Gasteiger partial charge in [-0.25, -0.2) is 0 Å². The Kier molecular flexibility index (Phi) is 3.58. The van der Waals surface area contributed by atoms with Gasteiger partial charge >= 0.3 is 0 Å². The average Bonchev–Trinajstić information content (AvgIpc) is 1.86. The van der Waals surface area contributed by atoms with E-state index in [1.165, 1.54) is 0 Å². The molecule has 0 unspecified atom stereocenters. The van der Waals surface area contributed by atoms with Crippen molar-refractivity contribution >= 4 is 0 Å². The minimum absolute atomic E-state index is 0. The van der Waals surface area contributed by atoms with Crippen LogP contribution in [0.25, 0.3) is 0 Å². The fourth-order valence-electron chi connectivity index (χ4n) is 0.376. The first-order valence-corrected chi connectivity index (χ1v) is 1.88. The molecule has 0 N–H and O–H groups in total. The monoisotopic (exact) mass is 169 g/mol. The van der Waals surface area contributed by atoms with Gasteiger partial charge in [0.25, 0.3) is 0 Å². The largest absolute Gasteiger partial charge is 0.473 e. The summed E-state index contributed by atoms with van der Waals surface area (Å²) in [5.74, 6) is 0. The van der Waals surface area contributed by atoms with Crippen molar-refractivity contribution < 1.29 is 32.7 Å². The summed E-state index contributed by atoms with van der Waals surface area (Å²) in [6.45, 7) is 0. The normalized spacial score (nSPS) is 7.57. The number of aromatic nitrogens is 1. The van der Waals surface area contributed by atoms with Crippen molar-refractivity contribution in [3.63, 3.8) is 0 Å². The van der Waals surface area contributed by atoms with Crippen LogP contribution < -0.4 is 0 Å². The molecule has 7 heavy (non-hydrogen) atoms. The molecule has 0 aliphatic heterocycles. The number of hydrogen-bond donors (Lipinski definition) is 0. The molecule has 1 aromatic rings. The van der Waals surface area contributed by atoms with E-state index < -0.39 is 0 Å². The molecule has 1 rings (SSSR count). The van der Waals surface area contributed by atoms with Gasteiger partial charge in [-0.05, 0) is 7.05 Å². The Balaban J connectivity index is 0.000000360. The molecule has 0 spiro atoms. The van der Waals surface area contributed by atoms with Crippen molar-refractivity contribution in [3.05, 3.63) is 24.5 Å². The van der Waals surface area contributed by atoms with E-state index in [4.69, 9.17) is 0 Å². The molecule has 1 heterocycles. The second kappa shape index (κ2) is 3.39. The predicted octanol–water partition coefficient (Wildman–Crippen LogP) is 0.823. The molecular formula is C5H6NY-. The van der Waals surface area contributed by atoms with Crippen LogP contribution >= 0.6 is 0 Å². The van der Waals surface area contributed by atoms with Crippen molar-refractivity contribution in [2.45, 2.75) is 0 Å². The standard InChI is InChI=1S/C5H6N.Y/c1-6-4-2-3-5-6;/h2-4H,1H3;/q-1;. The van der Waals surface area contributed by atoms with Crippen LogP contribution in [0.2, 0.25) is 0 Å². The van der Waals surface area contributed by atoms with Crippen LogP contribution in [0, 0.1) is 6.20 Å². The first-order chi connectivity index (χ1) is 2.89. The quantitative estimate of drug-likeness (QED) is 0.506. The summed E-state index contributed by atoms with van der Waals surface area (Å²) >= 11 is 0. The van der Waals surface area contributed by atoms with Crippen LogP contribution in [0.4, 0.5) is 0 Å².